The van der Waals surface area contributed by atoms with Gasteiger partial charge in [-0.1, -0.05) is 68.6 Å². The number of phenolic OH excluding ortho intramolecular Hbond substituents is 1. The highest BCUT2D eigenvalue weighted by Crippen LogP contribution is 2.38. The summed E-state index contributed by atoms with van der Waals surface area (Å²) in [5.74, 6) is 0.851. The van der Waals surface area contributed by atoms with Crippen molar-refractivity contribution in [3.8, 4) is 11.5 Å². The number of halogens is 4. The molecule has 3 rings (SSSR count). The molecule has 2 aromatic carbocycles. The number of allylic oxidation sites excluding steroid dienone is 1. The minimum Gasteiger partial charge on any atom is -0.506 e. The quantitative estimate of drug-likeness (QED) is 0.445. The Morgan fingerprint density at radius 3 is 2.38 bits per heavy atom. The Hall–Kier alpha value is -0.720. The van der Waals surface area contributed by atoms with Gasteiger partial charge in [0.1, 0.15) is 17.6 Å². The monoisotopic (exact) mass is 524 g/mol. The molecule has 1 aliphatic heterocycles. The number of aliphatic hydroxyl groups is 1. The predicted octanol–water partition coefficient (Wildman–Crippen LogP) is 6.57. The van der Waals surface area contributed by atoms with Crippen LogP contribution in [0.3, 0.4) is 0 Å². The van der Waals surface area contributed by atoms with E-state index in [1.165, 1.54) is 0 Å². The van der Waals surface area contributed by atoms with Crippen LogP contribution in [0.15, 0.2) is 45.9 Å². The van der Waals surface area contributed by atoms with Crippen molar-refractivity contribution in [2.45, 2.75) is 26.4 Å². The van der Waals surface area contributed by atoms with Crippen molar-refractivity contribution in [3.63, 3.8) is 0 Å². The van der Waals surface area contributed by atoms with E-state index in [1.54, 1.807) is 18.2 Å². The summed E-state index contributed by atoms with van der Waals surface area (Å²) in [5.41, 5.74) is 1.84. The molecule has 0 fully saturated rings. The number of rotatable bonds is 3. The lowest BCUT2D eigenvalue weighted by atomic mass is 10.1. The zero-order valence-corrected chi connectivity index (χ0v) is 17.8. The molecule has 0 amide bonds. The van der Waals surface area contributed by atoms with Gasteiger partial charge in [-0.25, -0.2) is 0 Å². The zero-order chi connectivity index (χ0) is 18.6. The first-order chi connectivity index (χ1) is 11.8. The Labute approximate surface area is 180 Å². The first-order valence-electron chi connectivity index (χ1n) is 7.39. The van der Waals surface area contributed by atoms with Crippen LogP contribution in [-0.2, 0) is 12.8 Å². The Morgan fingerprint density at radius 2 is 1.77 bits per heavy atom. The van der Waals surface area contributed by atoms with Crippen LogP contribution in [0.5, 0.6) is 11.5 Å². The molecule has 2 aromatic rings. The number of ether oxygens (including phenoxy) is 1. The average Bonchev–Trinajstić information content (AvgIpc) is 2.96. The second kappa shape index (κ2) is 10.6. The molecule has 0 aromatic heterocycles. The topological polar surface area (TPSA) is 49.7 Å². The third kappa shape index (κ3) is 5.89. The zero-order valence-electron chi connectivity index (χ0n) is 13.1. The number of hydrogen-bond acceptors (Lipinski definition) is 3. The van der Waals surface area contributed by atoms with E-state index in [0.717, 1.165) is 26.5 Å². The summed E-state index contributed by atoms with van der Waals surface area (Å²) in [6.45, 7) is 3.62. The Morgan fingerprint density at radius 1 is 1.15 bits per heavy atom. The van der Waals surface area contributed by atoms with Crippen LogP contribution < -0.4 is 4.74 Å². The Bertz CT molecular complexity index is 782. The Kier molecular flexibility index (Phi) is 9.48. The molecule has 0 radical (unpaired) electrons. The van der Waals surface area contributed by atoms with E-state index in [2.05, 4.69) is 38.4 Å². The number of hydrogen-bond donors (Lipinski definition) is 2. The van der Waals surface area contributed by atoms with E-state index in [4.69, 9.17) is 33.0 Å². The smallest absolute Gasteiger partial charge is 0.141 e. The maximum absolute atomic E-state index is 9.45. The van der Waals surface area contributed by atoms with E-state index >= 15 is 0 Å². The minimum absolute atomic E-state index is 0. The standard InChI is InChI=1S/C9H8BrClO2.C9H8BrClO.CH4/c10-6-1-5-2-7(4-12)13-9(5)8(11)3-6;1-2-3-6-4-7(10)5-8(11)9(6)12;/h1,3,7,12H,2,4H2;2,4-5,12H,1,3H2;1H4. The molecule has 0 saturated heterocycles. The van der Waals surface area contributed by atoms with Gasteiger partial charge in [-0.3, -0.25) is 0 Å². The first-order valence-corrected chi connectivity index (χ1v) is 9.73. The van der Waals surface area contributed by atoms with Crippen molar-refractivity contribution in [2.24, 2.45) is 0 Å². The second-order valence-electron chi connectivity index (χ2n) is 5.39. The first kappa shape index (κ1) is 23.3. The van der Waals surface area contributed by atoms with Crippen LogP contribution in [0.1, 0.15) is 18.6 Å². The molecule has 2 N–H and O–H groups in total. The maximum Gasteiger partial charge on any atom is 0.141 e. The van der Waals surface area contributed by atoms with E-state index in [0.29, 0.717) is 22.2 Å². The molecule has 0 spiro atoms. The lowest BCUT2D eigenvalue weighted by Crippen LogP contribution is -2.17. The molecule has 1 unspecified atom stereocenters. The van der Waals surface area contributed by atoms with Gasteiger partial charge in [0.2, 0.25) is 0 Å². The van der Waals surface area contributed by atoms with E-state index in [9.17, 15) is 5.11 Å². The lowest BCUT2D eigenvalue weighted by molar-refractivity contribution is 0.134. The number of phenols is 1. The molecule has 142 valence electrons. The predicted molar refractivity (Wildman–Crippen MR) is 116 cm³/mol. The van der Waals surface area contributed by atoms with E-state index in [1.807, 2.05) is 12.1 Å². The number of fused-ring (bicyclic) bond motifs is 1. The van der Waals surface area contributed by atoms with Crippen molar-refractivity contribution in [2.75, 3.05) is 6.61 Å². The van der Waals surface area contributed by atoms with E-state index in [-0.39, 0.29) is 25.9 Å². The summed E-state index contributed by atoms with van der Waals surface area (Å²) >= 11 is 18.3. The summed E-state index contributed by atoms with van der Waals surface area (Å²) in [6.07, 6.45) is 2.93. The fourth-order valence-corrected chi connectivity index (χ4v) is 4.18. The molecule has 0 saturated carbocycles. The highest BCUT2D eigenvalue weighted by atomic mass is 79.9. The van der Waals surface area contributed by atoms with Gasteiger partial charge in [0.15, 0.2) is 0 Å². The highest BCUT2D eigenvalue weighted by Gasteiger charge is 2.24. The van der Waals surface area contributed by atoms with Crippen LogP contribution in [0, 0.1) is 0 Å². The summed E-state index contributed by atoms with van der Waals surface area (Å²) < 4.78 is 7.25. The van der Waals surface area contributed by atoms with Crippen molar-refractivity contribution >= 4 is 55.1 Å². The van der Waals surface area contributed by atoms with Crippen molar-refractivity contribution < 1.29 is 14.9 Å². The maximum atomic E-state index is 9.45. The normalized spacial score (nSPS) is 14.4. The summed E-state index contributed by atoms with van der Waals surface area (Å²) in [5, 5.41) is 19.3. The van der Waals surface area contributed by atoms with Crippen molar-refractivity contribution in [1.82, 2.24) is 0 Å². The molecule has 3 nitrogen and oxygen atoms in total. The Balaban J connectivity index is 0.000000251. The minimum atomic E-state index is -0.137. The highest BCUT2D eigenvalue weighted by molar-refractivity contribution is 9.10. The van der Waals surface area contributed by atoms with E-state index < -0.39 is 0 Å². The molecule has 7 heteroatoms. The fourth-order valence-electron chi connectivity index (χ4n) is 2.38. The van der Waals surface area contributed by atoms with Crippen molar-refractivity contribution in [1.29, 1.82) is 0 Å². The van der Waals surface area contributed by atoms with Gasteiger partial charge in [0.05, 0.1) is 16.7 Å². The van der Waals surface area contributed by atoms with Gasteiger partial charge in [-0.2, -0.15) is 0 Å². The van der Waals surface area contributed by atoms with Gasteiger partial charge in [-0.15, -0.1) is 6.58 Å². The largest absolute Gasteiger partial charge is 0.506 e. The van der Waals surface area contributed by atoms with Crippen LogP contribution in [-0.4, -0.2) is 22.9 Å². The summed E-state index contributed by atoms with van der Waals surface area (Å²) in [4.78, 5) is 0. The molecule has 0 bridgehead atoms. The summed E-state index contributed by atoms with van der Waals surface area (Å²) in [7, 11) is 0. The second-order valence-corrected chi connectivity index (χ2v) is 8.04. The van der Waals surface area contributed by atoms with Gasteiger partial charge in [0, 0.05) is 26.5 Å². The third-order valence-electron chi connectivity index (χ3n) is 3.49. The number of aromatic hydroxyl groups is 1. The van der Waals surface area contributed by atoms with Gasteiger partial charge in [0.25, 0.3) is 0 Å². The lowest BCUT2D eigenvalue weighted by Gasteiger charge is -2.06. The van der Waals surface area contributed by atoms with Gasteiger partial charge in [-0.05, 0) is 30.7 Å². The van der Waals surface area contributed by atoms with Crippen LogP contribution in [0.4, 0.5) is 0 Å². The molecule has 1 aliphatic rings. The van der Waals surface area contributed by atoms with Crippen LogP contribution in [0.2, 0.25) is 10.0 Å². The molecule has 1 atom stereocenters. The van der Waals surface area contributed by atoms with Crippen molar-refractivity contribution in [3.05, 3.63) is 67.0 Å². The number of aliphatic hydroxyl groups excluding tert-OH is 1. The fraction of sp³-hybridized carbons (Fsp3) is 0.263. The molecule has 0 aliphatic carbocycles. The molecular weight excluding hydrogens is 507 g/mol. The van der Waals surface area contributed by atoms with Gasteiger partial charge < -0.3 is 14.9 Å². The average molecular weight is 527 g/mol. The molecular formula is C19H20Br2Cl2O3. The van der Waals surface area contributed by atoms with Gasteiger partial charge >= 0.3 is 0 Å². The molecule has 26 heavy (non-hydrogen) atoms. The third-order valence-corrected chi connectivity index (χ3v) is 4.98. The summed E-state index contributed by atoms with van der Waals surface area (Å²) in [6, 6.07) is 7.24. The van der Waals surface area contributed by atoms with Crippen LogP contribution >= 0.6 is 55.1 Å². The van der Waals surface area contributed by atoms with Crippen LogP contribution in [0.25, 0.3) is 0 Å². The SMILES string of the molecule is C.C=CCc1cc(Br)cc(Cl)c1O.OCC1Cc2cc(Br)cc(Cl)c2O1. The number of benzene rings is 2. The molecule has 1 heterocycles.